The first-order valence-corrected chi connectivity index (χ1v) is 7.95. The molecule has 0 heterocycles. The highest BCUT2D eigenvalue weighted by Crippen LogP contribution is 2.26. The molecular weight excluding hydrogens is 286 g/mol. The van der Waals surface area contributed by atoms with Gasteiger partial charge in [0.05, 0.1) is 11.4 Å². The van der Waals surface area contributed by atoms with Crippen molar-refractivity contribution in [1.82, 2.24) is 0 Å². The molecule has 0 saturated heterocycles. The quantitative estimate of drug-likeness (QED) is 0.851. The minimum Gasteiger partial charge on any atom is -0.398 e. The summed E-state index contributed by atoms with van der Waals surface area (Å²) >= 11 is 0. The molecule has 0 fully saturated rings. The van der Waals surface area contributed by atoms with Gasteiger partial charge in [-0.15, -0.1) is 0 Å². The zero-order valence-corrected chi connectivity index (χ0v) is 13.1. The predicted molar refractivity (Wildman–Crippen MR) is 87.2 cm³/mol. The summed E-state index contributed by atoms with van der Waals surface area (Å²) in [7, 11) is 0.132. The standard InChI is InChI=1S/C15H19N3O2S/c1-11-8-9-12(10-14(11)18(2)3)17-21(19,20)15-7-5-4-6-13(15)16/h4-10,17H,16H2,1-3H3. The molecule has 0 aliphatic rings. The Kier molecular flexibility index (Phi) is 4.09. The zero-order valence-electron chi connectivity index (χ0n) is 12.3. The molecule has 112 valence electrons. The zero-order chi connectivity index (χ0) is 15.6. The Balaban J connectivity index is 2.38. The second-order valence-corrected chi connectivity index (χ2v) is 6.69. The van der Waals surface area contributed by atoms with Crippen molar-refractivity contribution >= 4 is 27.1 Å². The lowest BCUT2D eigenvalue weighted by atomic mass is 10.2. The Morgan fingerprint density at radius 2 is 1.76 bits per heavy atom. The van der Waals surface area contributed by atoms with Gasteiger partial charge in [0.25, 0.3) is 10.0 Å². The average molecular weight is 305 g/mol. The highest BCUT2D eigenvalue weighted by Gasteiger charge is 2.17. The molecule has 0 radical (unpaired) electrons. The van der Waals surface area contributed by atoms with E-state index >= 15 is 0 Å². The Labute approximate surface area is 125 Å². The molecule has 0 spiro atoms. The Morgan fingerprint density at radius 3 is 2.38 bits per heavy atom. The number of nitrogens with two attached hydrogens (primary N) is 1. The summed E-state index contributed by atoms with van der Waals surface area (Å²) in [5.74, 6) is 0. The summed E-state index contributed by atoms with van der Waals surface area (Å²) < 4.78 is 27.3. The number of nitrogen functional groups attached to an aromatic ring is 1. The van der Waals surface area contributed by atoms with Gasteiger partial charge in [-0.3, -0.25) is 4.72 Å². The third-order valence-electron chi connectivity index (χ3n) is 3.15. The van der Waals surface area contributed by atoms with E-state index in [1.165, 1.54) is 6.07 Å². The van der Waals surface area contributed by atoms with Crippen molar-refractivity contribution in [3.8, 4) is 0 Å². The van der Waals surface area contributed by atoms with Crippen molar-refractivity contribution in [2.75, 3.05) is 29.5 Å². The molecule has 21 heavy (non-hydrogen) atoms. The molecule has 0 amide bonds. The Bertz CT molecular complexity index is 755. The number of benzene rings is 2. The number of aryl methyl sites for hydroxylation is 1. The summed E-state index contributed by atoms with van der Waals surface area (Å²) in [4.78, 5) is 2.02. The van der Waals surface area contributed by atoms with E-state index in [1.807, 2.05) is 32.0 Å². The highest BCUT2D eigenvalue weighted by atomic mass is 32.2. The topological polar surface area (TPSA) is 75.4 Å². The van der Waals surface area contributed by atoms with Crippen molar-refractivity contribution in [1.29, 1.82) is 0 Å². The van der Waals surface area contributed by atoms with Crippen molar-refractivity contribution in [3.05, 3.63) is 48.0 Å². The molecule has 2 aromatic carbocycles. The van der Waals surface area contributed by atoms with E-state index in [9.17, 15) is 8.42 Å². The number of nitrogens with one attached hydrogen (secondary N) is 1. The van der Waals surface area contributed by atoms with Gasteiger partial charge in [0, 0.05) is 19.8 Å². The Morgan fingerprint density at radius 1 is 1.10 bits per heavy atom. The van der Waals surface area contributed by atoms with Crippen molar-refractivity contribution < 1.29 is 8.42 Å². The fourth-order valence-corrected chi connectivity index (χ4v) is 3.27. The van der Waals surface area contributed by atoms with Gasteiger partial charge in [-0.2, -0.15) is 0 Å². The number of nitrogens with zero attached hydrogens (tertiary/aromatic N) is 1. The van der Waals surface area contributed by atoms with Gasteiger partial charge in [-0.25, -0.2) is 8.42 Å². The van der Waals surface area contributed by atoms with Crippen molar-refractivity contribution in [2.24, 2.45) is 0 Å². The van der Waals surface area contributed by atoms with Gasteiger partial charge in [0.2, 0.25) is 0 Å². The summed E-state index contributed by atoms with van der Waals surface area (Å²) in [6.45, 7) is 1.97. The molecule has 0 unspecified atom stereocenters. The molecule has 5 nitrogen and oxygen atoms in total. The summed E-state index contributed by atoms with van der Waals surface area (Å²) in [5.41, 5.74) is 8.50. The fourth-order valence-electron chi connectivity index (χ4n) is 2.09. The number of sulfonamides is 1. The van der Waals surface area contributed by atoms with Crippen molar-refractivity contribution in [2.45, 2.75) is 11.8 Å². The number of rotatable bonds is 4. The molecule has 0 saturated carbocycles. The molecule has 0 aliphatic carbocycles. The molecule has 0 aromatic heterocycles. The van der Waals surface area contributed by atoms with Crippen LogP contribution in [0.1, 0.15) is 5.56 Å². The maximum atomic E-state index is 12.4. The lowest BCUT2D eigenvalue weighted by Crippen LogP contribution is -2.16. The van der Waals surface area contributed by atoms with Crippen LogP contribution in [0.25, 0.3) is 0 Å². The van der Waals surface area contributed by atoms with Crippen LogP contribution in [0, 0.1) is 6.92 Å². The summed E-state index contributed by atoms with van der Waals surface area (Å²) in [5, 5.41) is 0. The van der Waals surface area contributed by atoms with Crippen LogP contribution in [0.15, 0.2) is 47.4 Å². The fraction of sp³-hybridized carbons (Fsp3) is 0.200. The lowest BCUT2D eigenvalue weighted by Gasteiger charge is -2.17. The number of anilines is 3. The van der Waals surface area contributed by atoms with Gasteiger partial charge >= 0.3 is 0 Å². The molecule has 3 N–H and O–H groups in total. The second-order valence-electron chi connectivity index (χ2n) is 5.04. The smallest absolute Gasteiger partial charge is 0.263 e. The van der Waals surface area contributed by atoms with E-state index in [0.29, 0.717) is 5.69 Å². The van der Waals surface area contributed by atoms with Gasteiger partial charge in [0.15, 0.2) is 0 Å². The van der Waals surface area contributed by atoms with E-state index in [1.54, 1.807) is 30.3 Å². The minimum absolute atomic E-state index is 0.0805. The van der Waals surface area contributed by atoms with Crippen LogP contribution < -0.4 is 15.4 Å². The SMILES string of the molecule is Cc1ccc(NS(=O)(=O)c2ccccc2N)cc1N(C)C. The molecule has 2 aromatic rings. The first-order valence-electron chi connectivity index (χ1n) is 6.46. The van der Waals surface area contributed by atoms with Crippen LogP contribution in [-0.2, 0) is 10.0 Å². The predicted octanol–water partition coefficient (Wildman–Crippen LogP) is 2.44. The maximum absolute atomic E-state index is 12.4. The molecular formula is C15H19N3O2S. The van der Waals surface area contributed by atoms with E-state index in [0.717, 1.165) is 11.3 Å². The third kappa shape index (κ3) is 3.28. The van der Waals surface area contributed by atoms with E-state index in [-0.39, 0.29) is 10.6 Å². The molecule has 2 rings (SSSR count). The summed E-state index contributed by atoms with van der Waals surface area (Å²) in [6.07, 6.45) is 0. The van der Waals surface area contributed by atoms with Crippen LogP contribution in [-0.4, -0.2) is 22.5 Å². The van der Waals surface area contributed by atoms with Gasteiger partial charge < -0.3 is 10.6 Å². The van der Waals surface area contributed by atoms with Crippen LogP contribution in [0.3, 0.4) is 0 Å². The minimum atomic E-state index is -3.69. The third-order valence-corrected chi connectivity index (χ3v) is 4.61. The Hall–Kier alpha value is -2.21. The highest BCUT2D eigenvalue weighted by molar-refractivity contribution is 7.92. The van der Waals surface area contributed by atoms with Gasteiger partial charge in [0.1, 0.15) is 4.90 Å². The van der Waals surface area contributed by atoms with Gasteiger partial charge in [-0.05, 0) is 36.8 Å². The lowest BCUT2D eigenvalue weighted by molar-refractivity contribution is 0.601. The van der Waals surface area contributed by atoms with E-state index < -0.39 is 10.0 Å². The number of hydrogen-bond donors (Lipinski definition) is 2. The average Bonchev–Trinajstić information content (AvgIpc) is 2.40. The number of para-hydroxylation sites is 1. The maximum Gasteiger partial charge on any atom is 0.263 e. The normalized spacial score (nSPS) is 11.2. The van der Waals surface area contributed by atoms with Crippen molar-refractivity contribution in [3.63, 3.8) is 0 Å². The van der Waals surface area contributed by atoms with Crippen LogP contribution in [0.2, 0.25) is 0 Å². The monoisotopic (exact) mass is 305 g/mol. The first-order chi connectivity index (χ1) is 9.81. The molecule has 0 atom stereocenters. The largest absolute Gasteiger partial charge is 0.398 e. The van der Waals surface area contributed by atoms with E-state index in [2.05, 4.69) is 4.72 Å². The van der Waals surface area contributed by atoms with Gasteiger partial charge in [-0.1, -0.05) is 18.2 Å². The first kappa shape index (κ1) is 15.2. The second kappa shape index (κ2) is 5.65. The van der Waals surface area contributed by atoms with Crippen LogP contribution >= 0.6 is 0 Å². The summed E-state index contributed by atoms with van der Waals surface area (Å²) in [6, 6.07) is 11.8. The molecule has 0 aliphatic heterocycles. The molecule has 6 heteroatoms. The molecule has 0 bridgehead atoms. The van der Waals surface area contributed by atoms with E-state index in [4.69, 9.17) is 5.73 Å². The van der Waals surface area contributed by atoms with Crippen LogP contribution in [0.4, 0.5) is 17.1 Å². The number of hydrogen-bond acceptors (Lipinski definition) is 4. The van der Waals surface area contributed by atoms with Crippen LogP contribution in [0.5, 0.6) is 0 Å².